The van der Waals surface area contributed by atoms with Crippen LogP contribution in [0.1, 0.15) is 113 Å². The molecule has 3 heterocycles. The summed E-state index contributed by atoms with van der Waals surface area (Å²) in [6.45, 7) is 16.0. The summed E-state index contributed by atoms with van der Waals surface area (Å²) in [7, 11) is 0. The molecule has 0 aromatic heterocycles. The molecule has 3 saturated heterocycles. The Bertz CT molecular complexity index is 1860. The Hall–Kier alpha value is -1.72. The molecule has 0 bridgehead atoms. The van der Waals surface area contributed by atoms with Crippen molar-refractivity contribution in [2.75, 3.05) is 13.2 Å². The number of aliphatic carboxylic acids is 1. The minimum absolute atomic E-state index is 0.0830. The molecule has 0 aromatic rings. The van der Waals surface area contributed by atoms with Crippen molar-refractivity contribution in [2.24, 2.45) is 50.2 Å². The minimum atomic E-state index is -2.07. The number of hydrogen-bond donors (Lipinski definition) is 10. The molecule has 3 aliphatic heterocycles. The zero-order valence-electron chi connectivity index (χ0n) is 39.6. The number of ketones is 1. The summed E-state index contributed by atoms with van der Waals surface area (Å²) in [4.78, 5) is 26.3. The van der Waals surface area contributed by atoms with E-state index < -0.39 is 116 Å². The number of carboxylic acids is 1. The number of Topliss-reactive ketones (excluding diaryl/α,β-unsaturated/α-hetero) is 1. The maximum absolute atomic E-state index is 13.8. The van der Waals surface area contributed by atoms with Gasteiger partial charge in [0.2, 0.25) is 0 Å². The van der Waals surface area contributed by atoms with Gasteiger partial charge in [0, 0.05) is 17.3 Å². The fourth-order valence-electron chi connectivity index (χ4n) is 14.9. The monoisotopic (exact) mass is 941 g/mol. The maximum Gasteiger partial charge on any atom is 0.335 e. The van der Waals surface area contributed by atoms with E-state index in [1.165, 1.54) is 12.5 Å². The zero-order chi connectivity index (χ0) is 48.4. The number of carbonyl (C=O) groups excluding carboxylic acids is 1. The van der Waals surface area contributed by atoms with Crippen molar-refractivity contribution in [3.63, 3.8) is 0 Å². The summed E-state index contributed by atoms with van der Waals surface area (Å²) < 4.78 is 36.2. The lowest BCUT2D eigenvalue weighted by molar-refractivity contribution is -0.396. The van der Waals surface area contributed by atoms with E-state index in [0.29, 0.717) is 25.0 Å². The lowest BCUT2D eigenvalue weighted by Crippen LogP contribution is -2.68. The highest BCUT2D eigenvalue weighted by atomic mass is 16.8. The average molecular weight is 941 g/mol. The molecular weight excluding hydrogens is 865 g/mol. The summed E-state index contributed by atoms with van der Waals surface area (Å²) in [5, 5.41) is 108. The first-order chi connectivity index (χ1) is 30.7. The fourth-order valence-corrected chi connectivity index (χ4v) is 14.9. The predicted octanol–water partition coefficient (Wildman–Crippen LogP) is 0.913. The van der Waals surface area contributed by atoms with E-state index in [2.05, 4.69) is 47.6 Å². The molecule has 4 saturated carbocycles. The standard InChI is InChI=1S/C48H76O18/c1-21-29(52)31(54)35(58)40(61-21)65-37-32(55)30(53)24(19-49)62-41(37)66-38-34(57)33(56)36(39(59)60)64-42(38)63-28-12-13-45(5)25(46(28,6)20-50)11-14-48(8)26(45)10-9-22-23-17-43(2,3)18-27(51)44(23,4)15-16-47(22,48)7/h9,21,23-26,28-38,40-42,49-50,52-58H,10-20H2,1-8H3,(H,59,60)/t21-,23-,24+,25-,26-,28-,29-,30-,31+,32-,33-,34-,35+,36-,37+,38+,40-,41-,42+,44+,45-,46+,47+,48+/m0/s1. The van der Waals surface area contributed by atoms with Crippen LogP contribution in [0.5, 0.6) is 0 Å². The van der Waals surface area contributed by atoms with Crippen LogP contribution in [0.25, 0.3) is 0 Å². The van der Waals surface area contributed by atoms with Crippen LogP contribution < -0.4 is 0 Å². The summed E-state index contributed by atoms with van der Waals surface area (Å²) in [5.74, 6) is -0.928. The molecular formula is C48H76O18. The van der Waals surface area contributed by atoms with Gasteiger partial charge < -0.3 is 79.5 Å². The third-order valence-electron chi connectivity index (χ3n) is 19.2. The number of fused-ring (bicyclic) bond motifs is 7. The molecule has 66 heavy (non-hydrogen) atoms. The number of ether oxygens (including phenoxy) is 6. The average Bonchev–Trinajstić information content (AvgIpc) is 3.25. The predicted molar refractivity (Wildman–Crippen MR) is 230 cm³/mol. The van der Waals surface area contributed by atoms with Gasteiger partial charge in [0.1, 0.15) is 66.8 Å². The fraction of sp³-hybridized carbons (Fsp3) is 0.917. The van der Waals surface area contributed by atoms with E-state index in [9.17, 15) is 60.7 Å². The molecule has 5 aliphatic carbocycles. The van der Waals surface area contributed by atoms with Crippen molar-refractivity contribution >= 4 is 11.8 Å². The Morgan fingerprint density at radius 2 is 1.35 bits per heavy atom. The maximum atomic E-state index is 13.8. The second-order valence-corrected chi connectivity index (χ2v) is 23.4. The smallest absolute Gasteiger partial charge is 0.335 e. The van der Waals surface area contributed by atoms with E-state index in [-0.39, 0.29) is 51.4 Å². The van der Waals surface area contributed by atoms with Gasteiger partial charge in [0.25, 0.3) is 0 Å². The van der Waals surface area contributed by atoms with Gasteiger partial charge in [0.15, 0.2) is 25.0 Å². The van der Waals surface area contributed by atoms with Gasteiger partial charge in [-0.15, -0.1) is 0 Å². The van der Waals surface area contributed by atoms with E-state index >= 15 is 0 Å². The quantitative estimate of drug-likeness (QED) is 0.114. The second kappa shape index (κ2) is 17.5. The molecule has 0 radical (unpaired) electrons. The van der Waals surface area contributed by atoms with E-state index in [1.807, 2.05) is 6.92 Å². The zero-order valence-corrected chi connectivity index (χ0v) is 39.6. The lowest BCUT2D eigenvalue weighted by Gasteiger charge is -2.71. The molecule has 8 rings (SSSR count). The molecule has 18 nitrogen and oxygen atoms in total. The minimum Gasteiger partial charge on any atom is -0.479 e. The van der Waals surface area contributed by atoms with Crippen molar-refractivity contribution in [1.82, 2.24) is 0 Å². The Morgan fingerprint density at radius 1 is 0.712 bits per heavy atom. The number of rotatable bonds is 9. The topological polar surface area (TPSA) is 292 Å². The molecule has 8 aliphatic rings. The van der Waals surface area contributed by atoms with Crippen LogP contribution in [0.4, 0.5) is 0 Å². The Labute approximate surface area is 386 Å². The van der Waals surface area contributed by atoms with Gasteiger partial charge in [-0.1, -0.05) is 60.1 Å². The number of hydrogen-bond acceptors (Lipinski definition) is 17. The molecule has 18 heteroatoms. The molecule has 376 valence electrons. The van der Waals surface area contributed by atoms with Crippen LogP contribution in [0.15, 0.2) is 11.6 Å². The summed E-state index contributed by atoms with van der Waals surface area (Å²) in [6, 6.07) is 0. The first-order valence-electron chi connectivity index (χ1n) is 24.1. The van der Waals surface area contributed by atoms with Crippen LogP contribution in [-0.2, 0) is 38.0 Å². The van der Waals surface area contributed by atoms with Crippen LogP contribution in [-0.4, -0.2) is 174 Å². The van der Waals surface area contributed by atoms with Gasteiger partial charge in [-0.05, 0) is 97.7 Å². The third kappa shape index (κ3) is 7.70. The van der Waals surface area contributed by atoms with Crippen molar-refractivity contribution < 1.29 is 89.1 Å². The molecule has 10 N–H and O–H groups in total. The number of allylic oxidation sites excluding steroid dienone is 2. The SMILES string of the molecule is C[C@@H]1O[C@@H](O[C@H]2[C@H](O[C@H]3[C@H](O[C@H]4CC[C@@]5(C)[C@H](CC[C@]6(C)[C@H]5CC=C5[C@@H]7CC(C)(C)CC(=O)[C@]7(C)CC[C@]56C)[C@@]4(C)CO)O[C@H](C(=O)O)[C@@H](O)[C@@H]3O)O[C@H](CO)[C@H](O)[C@@H]2O)[C@H](O)[C@H](O)[C@H]1O. The van der Waals surface area contributed by atoms with Crippen LogP contribution in [0, 0.1) is 50.2 Å². The Kier molecular flexibility index (Phi) is 13.5. The summed E-state index contributed by atoms with van der Waals surface area (Å²) >= 11 is 0. The van der Waals surface area contributed by atoms with Crippen molar-refractivity contribution in [1.29, 1.82) is 0 Å². The summed E-state index contributed by atoms with van der Waals surface area (Å²) in [6.07, 6.45) is -17.8. The third-order valence-corrected chi connectivity index (χ3v) is 19.2. The highest BCUT2D eigenvalue weighted by molar-refractivity contribution is 5.87. The van der Waals surface area contributed by atoms with Crippen molar-refractivity contribution in [2.45, 2.75) is 211 Å². The normalized spacial score (nSPS) is 54.8. The van der Waals surface area contributed by atoms with Gasteiger partial charge >= 0.3 is 5.97 Å². The lowest BCUT2D eigenvalue weighted by atomic mass is 9.33. The highest BCUT2D eigenvalue weighted by Gasteiger charge is 2.70. The van der Waals surface area contributed by atoms with Gasteiger partial charge in [-0.2, -0.15) is 0 Å². The molecule has 0 unspecified atom stereocenters. The molecule has 0 amide bonds. The largest absolute Gasteiger partial charge is 0.479 e. The van der Waals surface area contributed by atoms with Gasteiger partial charge in [-0.25, -0.2) is 4.79 Å². The van der Waals surface area contributed by atoms with Crippen molar-refractivity contribution in [3.8, 4) is 0 Å². The van der Waals surface area contributed by atoms with Gasteiger partial charge in [-0.3, -0.25) is 4.79 Å². The summed E-state index contributed by atoms with van der Waals surface area (Å²) in [5.41, 5.74) is -0.509. The number of carboxylic acid groups (broad SMARTS) is 1. The number of aliphatic hydroxyl groups is 9. The van der Waals surface area contributed by atoms with E-state index in [1.54, 1.807) is 0 Å². The first-order valence-corrected chi connectivity index (χ1v) is 24.1. The Morgan fingerprint density at radius 3 is 1.98 bits per heavy atom. The van der Waals surface area contributed by atoms with E-state index in [0.717, 1.165) is 38.5 Å². The molecule has 24 atom stereocenters. The molecule has 0 aromatic carbocycles. The number of aliphatic hydroxyl groups excluding tert-OH is 9. The van der Waals surface area contributed by atoms with Crippen molar-refractivity contribution in [3.05, 3.63) is 11.6 Å². The molecule has 0 spiro atoms. The molecule has 7 fully saturated rings. The van der Waals surface area contributed by atoms with Gasteiger partial charge in [0.05, 0.1) is 25.4 Å². The van der Waals surface area contributed by atoms with Crippen LogP contribution in [0.2, 0.25) is 0 Å². The Balaban J connectivity index is 1.08. The van der Waals surface area contributed by atoms with E-state index in [4.69, 9.17) is 28.4 Å². The highest BCUT2D eigenvalue weighted by Crippen LogP contribution is 2.75. The first kappa shape index (κ1) is 50.7. The second-order valence-electron chi connectivity index (χ2n) is 23.4. The number of carbonyl (C=O) groups is 2. The van der Waals surface area contributed by atoms with Crippen LogP contribution in [0.3, 0.4) is 0 Å². The van der Waals surface area contributed by atoms with Crippen LogP contribution >= 0.6 is 0 Å².